The average Bonchev–Trinajstić information content (AvgIpc) is 3.17. The number of sulfone groups is 1. The Morgan fingerprint density at radius 1 is 1.21 bits per heavy atom. The number of rotatable bonds is 4. The number of benzene rings is 1. The number of fused-ring (bicyclic) bond motifs is 3. The Kier molecular flexibility index (Phi) is 3.75. The van der Waals surface area contributed by atoms with Crippen LogP contribution in [0.15, 0.2) is 29.4 Å². The quantitative estimate of drug-likeness (QED) is 0.921. The van der Waals surface area contributed by atoms with E-state index in [1.54, 1.807) is 18.2 Å². The van der Waals surface area contributed by atoms with E-state index in [1.807, 2.05) is 0 Å². The smallest absolute Gasteiger partial charge is 0.175 e. The van der Waals surface area contributed by atoms with Crippen molar-refractivity contribution in [2.45, 2.75) is 43.5 Å². The zero-order chi connectivity index (χ0) is 16.9. The monoisotopic (exact) mass is 345 g/mol. The lowest BCUT2D eigenvalue weighted by atomic mass is 9.84. The second kappa shape index (κ2) is 5.69. The van der Waals surface area contributed by atoms with Crippen molar-refractivity contribution in [3.8, 4) is 0 Å². The van der Waals surface area contributed by atoms with Crippen LogP contribution in [0.3, 0.4) is 0 Å². The van der Waals surface area contributed by atoms with Crippen LogP contribution in [-0.2, 0) is 9.84 Å². The van der Waals surface area contributed by atoms with Crippen LogP contribution in [0.2, 0.25) is 0 Å². The molecular weight excluding hydrogens is 322 g/mol. The molecule has 6 heteroatoms. The molecule has 2 saturated carbocycles. The first-order chi connectivity index (χ1) is 11.4. The lowest BCUT2D eigenvalue weighted by Gasteiger charge is -2.29. The normalized spacial score (nSPS) is 27.5. The molecule has 4 atom stereocenters. The van der Waals surface area contributed by atoms with Crippen molar-refractivity contribution >= 4 is 26.6 Å². The van der Waals surface area contributed by atoms with Crippen LogP contribution in [0.25, 0.3) is 10.9 Å². The highest BCUT2D eigenvalue weighted by Crippen LogP contribution is 2.49. The molecule has 4 unspecified atom stereocenters. The Hall–Kier alpha value is -1.69. The molecule has 128 valence electrons. The van der Waals surface area contributed by atoms with Gasteiger partial charge in [0.05, 0.1) is 10.4 Å². The van der Waals surface area contributed by atoms with Crippen LogP contribution in [0, 0.1) is 17.8 Å². The summed E-state index contributed by atoms with van der Waals surface area (Å²) < 4.78 is 23.7. The molecule has 2 fully saturated rings. The molecule has 4 rings (SSSR count). The molecule has 2 aromatic rings. The number of hydrogen-bond acceptors (Lipinski definition) is 5. The van der Waals surface area contributed by atoms with Gasteiger partial charge >= 0.3 is 0 Å². The maximum Gasteiger partial charge on any atom is 0.175 e. The predicted octanol–water partition coefficient (Wildman–Crippen LogP) is 3.27. The summed E-state index contributed by atoms with van der Waals surface area (Å²) in [6, 6.07) is 5.37. The Morgan fingerprint density at radius 2 is 2.04 bits per heavy atom. The molecule has 0 saturated heterocycles. The van der Waals surface area contributed by atoms with Gasteiger partial charge < -0.3 is 5.32 Å². The Labute approximate surface area is 142 Å². The largest absolute Gasteiger partial charge is 0.367 e. The summed E-state index contributed by atoms with van der Waals surface area (Å²) in [4.78, 5) is 8.95. The van der Waals surface area contributed by atoms with Crippen molar-refractivity contribution in [1.82, 2.24) is 9.97 Å². The van der Waals surface area contributed by atoms with Crippen molar-refractivity contribution in [1.29, 1.82) is 0 Å². The number of anilines is 1. The van der Waals surface area contributed by atoms with Gasteiger partial charge in [0.15, 0.2) is 9.84 Å². The van der Waals surface area contributed by atoms with Gasteiger partial charge in [-0.05, 0) is 62.1 Å². The Morgan fingerprint density at radius 3 is 2.71 bits per heavy atom. The van der Waals surface area contributed by atoms with E-state index in [0.717, 1.165) is 28.6 Å². The van der Waals surface area contributed by atoms with Crippen LogP contribution in [0.4, 0.5) is 5.82 Å². The maximum atomic E-state index is 11.8. The zero-order valence-electron chi connectivity index (χ0n) is 14.1. The molecule has 2 bridgehead atoms. The first-order valence-corrected chi connectivity index (χ1v) is 10.5. The number of nitrogens with one attached hydrogen (secondary N) is 1. The summed E-state index contributed by atoms with van der Waals surface area (Å²) in [7, 11) is -3.25. The average molecular weight is 345 g/mol. The van der Waals surface area contributed by atoms with Crippen molar-refractivity contribution < 1.29 is 8.42 Å². The molecule has 0 radical (unpaired) electrons. The lowest BCUT2D eigenvalue weighted by molar-refractivity contribution is 0.304. The molecule has 2 aliphatic carbocycles. The van der Waals surface area contributed by atoms with Gasteiger partial charge in [0, 0.05) is 17.7 Å². The minimum Gasteiger partial charge on any atom is -0.367 e. The number of hydrogen-bond donors (Lipinski definition) is 1. The molecule has 2 aliphatic rings. The number of aromatic nitrogens is 2. The molecule has 5 nitrogen and oxygen atoms in total. The van der Waals surface area contributed by atoms with Crippen LogP contribution in [0.1, 0.15) is 32.6 Å². The van der Waals surface area contributed by atoms with Gasteiger partial charge in [0.1, 0.15) is 12.1 Å². The van der Waals surface area contributed by atoms with E-state index < -0.39 is 9.84 Å². The first-order valence-electron chi connectivity index (χ1n) is 8.63. The van der Waals surface area contributed by atoms with Crippen molar-refractivity contribution in [3.63, 3.8) is 0 Å². The number of nitrogens with zero attached hydrogens (tertiary/aromatic N) is 2. The molecule has 1 heterocycles. The van der Waals surface area contributed by atoms with Gasteiger partial charge in [-0.25, -0.2) is 18.4 Å². The highest BCUT2D eigenvalue weighted by atomic mass is 32.2. The zero-order valence-corrected chi connectivity index (χ0v) is 14.9. The van der Waals surface area contributed by atoms with Gasteiger partial charge in [0.2, 0.25) is 0 Å². The summed E-state index contributed by atoms with van der Waals surface area (Å²) >= 11 is 0. The molecule has 1 aromatic heterocycles. The van der Waals surface area contributed by atoms with Crippen molar-refractivity contribution in [2.24, 2.45) is 17.8 Å². The highest BCUT2D eigenvalue weighted by Gasteiger charge is 2.41. The van der Waals surface area contributed by atoms with Gasteiger partial charge in [-0.15, -0.1) is 0 Å². The molecule has 0 spiro atoms. The van der Waals surface area contributed by atoms with E-state index in [-0.39, 0.29) is 0 Å². The topological polar surface area (TPSA) is 72.0 Å². The SMILES string of the molecule is CC(Nc1ncnc2ccc(S(C)(=O)=O)cc12)C1CC2CCC1C2. The second-order valence-corrected chi connectivity index (χ2v) is 9.46. The third-order valence-corrected chi connectivity index (χ3v) is 6.94. The molecule has 0 amide bonds. The van der Waals surface area contributed by atoms with Crippen LogP contribution in [-0.4, -0.2) is 30.7 Å². The minimum atomic E-state index is -3.25. The molecule has 1 N–H and O–H groups in total. The van der Waals surface area contributed by atoms with Gasteiger partial charge in [-0.1, -0.05) is 6.42 Å². The van der Waals surface area contributed by atoms with Crippen LogP contribution < -0.4 is 5.32 Å². The van der Waals surface area contributed by atoms with Gasteiger partial charge in [-0.3, -0.25) is 0 Å². The fourth-order valence-electron chi connectivity index (χ4n) is 4.61. The predicted molar refractivity (Wildman–Crippen MR) is 94.7 cm³/mol. The van der Waals surface area contributed by atoms with Gasteiger partial charge in [0.25, 0.3) is 0 Å². The second-order valence-electron chi connectivity index (χ2n) is 7.45. The summed E-state index contributed by atoms with van der Waals surface area (Å²) in [6.45, 7) is 2.22. The summed E-state index contributed by atoms with van der Waals surface area (Å²) in [5.74, 6) is 3.16. The van der Waals surface area contributed by atoms with Gasteiger partial charge in [-0.2, -0.15) is 0 Å². The van der Waals surface area contributed by atoms with E-state index in [4.69, 9.17) is 0 Å². The van der Waals surface area contributed by atoms with E-state index in [2.05, 4.69) is 22.2 Å². The third-order valence-electron chi connectivity index (χ3n) is 5.83. The fourth-order valence-corrected chi connectivity index (χ4v) is 5.26. The Balaban J connectivity index is 1.66. The van der Waals surface area contributed by atoms with E-state index in [9.17, 15) is 8.42 Å². The van der Waals surface area contributed by atoms with E-state index in [1.165, 1.54) is 38.3 Å². The molecule has 24 heavy (non-hydrogen) atoms. The molecular formula is C18H23N3O2S. The summed E-state index contributed by atoms with van der Waals surface area (Å²) in [5.41, 5.74) is 0.764. The van der Waals surface area contributed by atoms with Crippen LogP contribution >= 0.6 is 0 Å². The molecule has 0 aliphatic heterocycles. The highest BCUT2D eigenvalue weighted by molar-refractivity contribution is 7.90. The third kappa shape index (κ3) is 2.77. The van der Waals surface area contributed by atoms with Crippen molar-refractivity contribution in [3.05, 3.63) is 24.5 Å². The van der Waals surface area contributed by atoms with Crippen molar-refractivity contribution in [2.75, 3.05) is 11.6 Å². The van der Waals surface area contributed by atoms with E-state index in [0.29, 0.717) is 16.9 Å². The summed E-state index contributed by atoms with van der Waals surface area (Å²) in [5, 5.41) is 4.32. The van der Waals surface area contributed by atoms with E-state index >= 15 is 0 Å². The fraction of sp³-hybridized carbons (Fsp3) is 0.556. The lowest BCUT2D eigenvalue weighted by Crippen LogP contribution is -2.30. The minimum absolute atomic E-state index is 0.306. The standard InChI is InChI=1S/C18H23N3O2S/c1-11(15-8-12-3-4-13(15)7-12)21-18-16-9-14(24(2,22)23)5-6-17(16)19-10-20-18/h5-6,9-13,15H,3-4,7-8H2,1-2H3,(H,19,20,21). The Bertz CT molecular complexity index is 881. The molecule has 1 aromatic carbocycles. The first kappa shape index (κ1) is 15.8. The maximum absolute atomic E-state index is 11.8. The van der Waals surface area contributed by atoms with Crippen LogP contribution in [0.5, 0.6) is 0 Å². The summed E-state index contributed by atoms with van der Waals surface area (Å²) in [6.07, 6.45) is 8.18.